The number of carboxylic acid groups (broad SMARTS) is 2. The lowest BCUT2D eigenvalue weighted by molar-refractivity contribution is -0.145. The monoisotopic (exact) mass is 450 g/mol. The number of nitrogens with one attached hydrogen (secondary N) is 3. The van der Waals surface area contributed by atoms with Crippen molar-refractivity contribution in [3.63, 3.8) is 0 Å². The van der Waals surface area contributed by atoms with Gasteiger partial charge < -0.3 is 37.0 Å². The van der Waals surface area contributed by atoms with Crippen molar-refractivity contribution in [1.82, 2.24) is 16.0 Å². The summed E-state index contributed by atoms with van der Waals surface area (Å²) in [7, 11) is 0. The van der Waals surface area contributed by atoms with E-state index < -0.39 is 72.3 Å². The molecule has 8 N–H and O–H groups in total. The van der Waals surface area contributed by atoms with E-state index >= 15 is 0 Å². The van der Waals surface area contributed by atoms with E-state index in [1.807, 2.05) is 0 Å². The Bertz CT molecular complexity index is 643. The molecule has 0 bridgehead atoms. The molecular weight excluding hydrogens is 420 g/mol. The van der Waals surface area contributed by atoms with E-state index in [1.165, 1.54) is 0 Å². The van der Waals surface area contributed by atoms with Gasteiger partial charge in [0.05, 0.1) is 12.1 Å². The standard InChI is InChI=1S/C17H30N4O8S/c1-7(2)12(20-14(25)9(18)6-30)16(27)19-10(4-5-11(23)24)15(26)21-13(8(3)22)17(28)29/h7-10,12-13,22,30H,4-6,18H2,1-3H3,(H,19,27)(H,20,25)(H,21,26)(H,23,24)(H,28,29). The second-order valence-corrected chi connectivity index (χ2v) is 7.44. The Morgan fingerprint density at radius 2 is 1.43 bits per heavy atom. The third-order valence-electron chi connectivity index (χ3n) is 4.11. The minimum absolute atomic E-state index is 0.0395. The molecule has 0 aromatic rings. The lowest BCUT2D eigenvalue weighted by atomic mass is 10.0. The number of carbonyl (C=O) groups excluding carboxylic acids is 3. The van der Waals surface area contributed by atoms with Crippen molar-refractivity contribution >= 4 is 42.3 Å². The highest BCUT2D eigenvalue weighted by molar-refractivity contribution is 7.80. The minimum Gasteiger partial charge on any atom is -0.481 e. The van der Waals surface area contributed by atoms with Gasteiger partial charge in [0.2, 0.25) is 17.7 Å². The fraction of sp³-hybridized carbons (Fsp3) is 0.706. The van der Waals surface area contributed by atoms with Gasteiger partial charge in [-0.05, 0) is 19.3 Å². The molecule has 0 saturated heterocycles. The van der Waals surface area contributed by atoms with Crippen molar-refractivity contribution in [2.24, 2.45) is 11.7 Å². The van der Waals surface area contributed by atoms with Gasteiger partial charge in [-0.25, -0.2) is 4.79 Å². The average molecular weight is 451 g/mol. The number of aliphatic carboxylic acids is 2. The summed E-state index contributed by atoms with van der Waals surface area (Å²) in [6.45, 7) is 4.42. The van der Waals surface area contributed by atoms with Crippen molar-refractivity contribution in [2.45, 2.75) is 63.9 Å². The van der Waals surface area contributed by atoms with Crippen LogP contribution >= 0.6 is 12.6 Å². The number of nitrogens with two attached hydrogens (primary N) is 1. The first-order valence-corrected chi connectivity index (χ1v) is 9.85. The number of amides is 3. The highest BCUT2D eigenvalue weighted by Gasteiger charge is 2.32. The molecule has 30 heavy (non-hydrogen) atoms. The second kappa shape index (κ2) is 13.0. The molecular formula is C17H30N4O8S. The molecule has 0 aromatic heterocycles. The van der Waals surface area contributed by atoms with E-state index in [-0.39, 0.29) is 12.2 Å². The van der Waals surface area contributed by atoms with Crippen molar-refractivity contribution < 1.29 is 39.3 Å². The van der Waals surface area contributed by atoms with E-state index in [2.05, 4.69) is 28.6 Å². The Morgan fingerprint density at radius 1 is 0.900 bits per heavy atom. The predicted octanol–water partition coefficient (Wildman–Crippen LogP) is -2.32. The highest BCUT2D eigenvalue weighted by Crippen LogP contribution is 2.06. The summed E-state index contributed by atoms with van der Waals surface area (Å²) in [5, 5.41) is 34.3. The summed E-state index contributed by atoms with van der Waals surface area (Å²) < 4.78 is 0. The van der Waals surface area contributed by atoms with Crippen molar-refractivity contribution in [3.8, 4) is 0 Å². The normalized spacial score (nSPS) is 16.0. The summed E-state index contributed by atoms with van der Waals surface area (Å²) in [5.74, 6) is -5.51. The lowest BCUT2D eigenvalue weighted by Crippen LogP contribution is -2.59. The van der Waals surface area contributed by atoms with Gasteiger partial charge in [-0.2, -0.15) is 12.6 Å². The van der Waals surface area contributed by atoms with Crippen LogP contribution in [0.3, 0.4) is 0 Å². The van der Waals surface area contributed by atoms with Gasteiger partial charge in [-0.1, -0.05) is 13.8 Å². The van der Waals surface area contributed by atoms with Gasteiger partial charge in [-0.15, -0.1) is 0 Å². The molecule has 172 valence electrons. The molecule has 3 amide bonds. The van der Waals surface area contributed by atoms with Crippen molar-refractivity contribution in [3.05, 3.63) is 0 Å². The minimum atomic E-state index is -1.66. The number of carbonyl (C=O) groups is 5. The Balaban J connectivity index is 5.47. The van der Waals surface area contributed by atoms with Crippen LogP contribution in [0.25, 0.3) is 0 Å². The molecule has 5 atom stereocenters. The fourth-order valence-corrected chi connectivity index (χ4v) is 2.48. The molecule has 13 heteroatoms. The molecule has 0 rings (SSSR count). The van der Waals surface area contributed by atoms with E-state index in [0.717, 1.165) is 6.92 Å². The third-order valence-corrected chi connectivity index (χ3v) is 4.50. The maximum Gasteiger partial charge on any atom is 0.328 e. The van der Waals surface area contributed by atoms with Crippen molar-refractivity contribution in [1.29, 1.82) is 0 Å². The summed E-state index contributed by atoms with van der Waals surface area (Å²) in [6, 6.07) is -5.12. The number of thiol groups is 1. The number of hydrogen-bond donors (Lipinski definition) is 8. The van der Waals surface area contributed by atoms with E-state index in [0.29, 0.717) is 0 Å². The second-order valence-electron chi connectivity index (χ2n) is 7.08. The van der Waals surface area contributed by atoms with Gasteiger partial charge in [0, 0.05) is 12.2 Å². The molecule has 12 nitrogen and oxygen atoms in total. The molecule has 0 saturated carbocycles. The van der Waals surface area contributed by atoms with Crippen LogP contribution < -0.4 is 21.7 Å². The molecule has 0 aromatic carbocycles. The quantitative estimate of drug-likeness (QED) is 0.141. The van der Waals surface area contributed by atoms with Crippen LogP contribution in [-0.4, -0.2) is 81.0 Å². The zero-order valence-electron chi connectivity index (χ0n) is 17.0. The average Bonchev–Trinajstić information content (AvgIpc) is 2.64. The first-order valence-electron chi connectivity index (χ1n) is 9.22. The largest absolute Gasteiger partial charge is 0.481 e. The molecule has 0 heterocycles. The Kier molecular flexibility index (Phi) is 12.0. The van der Waals surface area contributed by atoms with Crippen LogP contribution in [-0.2, 0) is 24.0 Å². The summed E-state index contributed by atoms with van der Waals surface area (Å²) in [6.07, 6.45) is -2.27. The van der Waals surface area contributed by atoms with Crippen LogP contribution in [0.15, 0.2) is 0 Å². The topological polar surface area (TPSA) is 208 Å². The van der Waals surface area contributed by atoms with Gasteiger partial charge in [0.25, 0.3) is 0 Å². The Hall–Kier alpha value is -2.38. The van der Waals surface area contributed by atoms with Crippen molar-refractivity contribution in [2.75, 3.05) is 5.75 Å². The first kappa shape index (κ1) is 27.6. The number of carboxylic acids is 2. The third kappa shape index (κ3) is 9.41. The predicted molar refractivity (Wildman–Crippen MR) is 109 cm³/mol. The van der Waals surface area contributed by atoms with Crippen LogP contribution in [0, 0.1) is 5.92 Å². The van der Waals surface area contributed by atoms with E-state index in [4.69, 9.17) is 15.9 Å². The summed E-state index contributed by atoms with van der Waals surface area (Å²) >= 11 is 3.91. The summed E-state index contributed by atoms with van der Waals surface area (Å²) in [4.78, 5) is 59.2. The van der Waals surface area contributed by atoms with Gasteiger partial charge in [0.1, 0.15) is 12.1 Å². The lowest BCUT2D eigenvalue weighted by Gasteiger charge is -2.27. The fourth-order valence-electron chi connectivity index (χ4n) is 2.32. The highest BCUT2D eigenvalue weighted by atomic mass is 32.1. The zero-order valence-corrected chi connectivity index (χ0v) is 17.9. The number of hydrogen-bond acceptors (Lipinski definition) is 8. The molecule has 5 unspecified atom stereocenters. The van der Waals surface area contributed by atoms with E-state index in [9.17, 15) is 29.1 Å². The van der Waals surface area contributed by atoms with Crippen LogP contribution in [0.4, 0.5) is 0 Å². The number of aliphatic hydroxyl groups is 1. The molecule has 0 radical (unpaired) electrons. The number of rotatable bonds is 13. The van der Waals surface area contributed by atoms with E-state index in [1.54, 1.807) is 13.8 Å². The van der Waals surface area contributed by atoms with Gasteiger partial charge >= 0.3 is 11.9 Å². The molecule has 0 spiro atoms. The van der Waals surface area contributed by atoms with Crippen LogP contribution in [0.2, 0.25) is 0 Å². The summed E-state index contributed by atoms with van der Waals surface area (Å²) in [5.41, 5.74) is 5.58. The van der Waals surface area contributed by atoms with Crippen LogP contribution in [0.1, 0.15) is 33.6 Å². The number of aliphatic hydroxyl groups excluding tert-OH is 1. The maximum atomic E-state index is 12.7. The maximum absolute atomic E-state index is 12.7. The first-order chi connectivity index (χ1) is 13.8. The Morgan fingerprint density at radius 3 is 1.83 bits per heavy atom. The molecule has 0 fully saturated rings. The van der Waals surface area contributed by atoms with Gasteiger partial charge in [0.15, 0.2) is 6.04 Å². The zero-order chi connectivity index (χ0) is 23.6. The molecule has 0 aliphatic rings. The Labute approximate surface area is 179 Å². The molecule has 0 aliphatic heterocycles. The molecule has 0 aliphatic carbocycles. The smallest absolute Gasteiger partial charge is 0.328 e. The van der Waals surface area contributed by atoms with Gasteiger partial charge in [-0.3, -0.25) is 19.2 Å². The van der Waals surface area contributed by atoms with Crippen LogP contribution in [0.5, 0.6) is 0 Å². The SMILES string of the molecule is CC(C)C(NC(=O)C(N)CS)C(=O)NC(CCC(=O)O)C(=O)NC(C(=O)O)C(C)O.